The molecule has 0 amide bonds. The van der Waals surface area contributed by atoms with Crippen LogP contribution in [0, 0.1) is 0 Å². The fourth-order valence-electron chi connectivity index (χ4n) is 3.28. The fraction of sp³-hybridized carbons (Fsp3) is 0.571. The molecule has 0 spiro atoms. The van der Waals surface area contributed by atoms with Gasteiger partial charge in [0.15, 0.2) is 0 Å². The van der Waals surface area contributed by atoms with Gasteiger partial charge < -0.3 is 5.32 Å². The average Bonchev–Trinajstić information content (AvgIpc) is 2.64. The van der Waals surface area contributed by atoms with E-state index in [-0.39, 0.29) is 0 Å². The number of pyridine rings is 1. The normalized spacial score (nSPS) is 20.7. The number of aromatic nitrogens is 1. The lowest BCUT2D eigenvalue weighted by Crippen LogP contribution is -2.45. The number of nitrogens with zero attached hydrogens (tertiary/aromatic N) is 2. The van der Waals surface area contributed by atoms with Crippen molar-refractivity contribution >= 4 is 21.6 Å². The van der Waals surface area contributed by atoms with Gasteiger partial charge in [0.25, 0.3) is 0 Å². The van der Waals surface area contributed by atoms with Crippen molar-refractivity contribution in [1.29, 1.82) is 0 Å². The van der Waals surface area contributed by atoms with Crippen molar-refractivity contribution in [3.8, 4) is 0 Å². The quantitative estimate of drug-likeness (QED) is 0.304. The minimum atomic E-state index is 0.661. The maximum absolute atomic E-state index is 4.32. The molecule has 144 valence electrons. The number of hydrogen-bond donors (Lipinski definition) is 1. The number of piperidine rings is 1. The summed E-state index contributed by atoms with van der Waals surface area (Å²) < 4.78 is 0. The van der Waals surface area contributed by atoms with Crippen LogP contribution in [0.25, 0.3) is 0 Å². The molecule has 0 saturated carbocycles. The predicted molar refractivity (Wildman–Crippen MR) is 118 cm³/mol. The molecule has 1 N–H and O–H groups in total. The van der Waals surface area contributed by atoms with Crippen LogP contribution in [-0.2, 0) is 0 Å². The van der Waals surface area contributed by atoms with Gasteiger partial charge in [-0.3, -0.25) is 4.90 Å². The number of likely N-dealkylation sites (tertiary alicyclic amines) is 1. The van der Waals surface area contributed by atoms with Crippen molar-refractivity contribution in [2.24, 2.45) is 0 Å². The molecule has 1 saturated heterocycles. The summed E-state index contributed by atoms with van der Waals surface area (Å²) in [6, 6.07) is 7.35. The Morgan fingerprint density at radius 1 is 1.27 bits per heavy atom. The van der Waals surface area contributed by atoms with E-state index in [9.17, 15) is 0 Å². The van der Waals surface area contributed by atoms with Gasteiger partial charge in [-0.2, -0.15) is 0 Å². The van der Waals surface area contributed by atoms with Gasteiger partial charge in [0.05, 0.1) is 0 Å². The Bertz CT molecular complexity index is 552. The van der Waals surface area contributed by atoms with E-state index >= 15 is 0 Å². The highest BCUT2D eigenvalue weighted by atomic mass is 33.1. The van der Waals surface area contributed by atoms with Gasteiger partial charge in [-0.15, -0.1) is 0 Å². The minimum absolute atomic E-state index is 0.661. The zero-order valence-electron chi connectivity index (χ0n) is 16.2. The van der Waals surface area contributed by atoms with Crippen molar-refractivity contribution in [2.45, 2.75) is 63.1 Å². The summed E-state index contributed by atoms with van der Waals surface area (Å²) in [7, 11) is 3.62. The predicted octanol–water partition coefficient (Wildman–Crippen LogP) is 5.52. The van der Waals surface area contributed by atoms with Gasteiger partial charge in [-0.1, -0.05) is 42.0 Å². The molecule has 3 nitrogen and oxygen atoms in total. The van der Waals surface area contributed by atoms with Crippen molar-refractivity contribution in [2.75, 3.05) is 18.8 Å². The SMILES string of the molecule is C=C(CCCSSc1ccccn1)CNC(=C)CN1C(C)CCCC1C. The first-order valence-electron chi connectivity index (χ1n) is 9.61. The Kier molecular flexibility index (Phi) is 9.65. The van der Waals surface area contributed by atoms with Crippen LogP contribution < -0.4 is 5.32 Å². The van der Waals surface area contributed by atoms with Crippen LogP contribution in [0.15, 0.2) is 53.8 Å². The first-order valence-corrected chi connectivity index (χ1v) is 11.9. The summed E-state index contributed by atoms with van der Waals surface area (Å²) in [6.45, 7) is 14.9. The van der Waals surface area contributed by atoms with E-state index in [2.05, 4.69) is 48.3 Å². The van der Waals surface area contributed by atoms with Crippen LogP contribution in [0.5, 0.6) is 0 Å². The first kappa shape index (κ1) is 21.4. The Balaban J connectivity index is 1.54. The van der Waals surface area contributed by atoms with Crippen molar-refractivity contribution in [3.63, 3.8) is 0 Å². The van der Waals surface area contributed by atoms with Gasteiger partial charge in [-0.05, 0) is 62.5 Å². The molecule has 2 rings (SSSR count). The van der Waals surface area contributed by atoms with E-state index in [1.54, 1.807) is 10.8 Å². The molecule has 0 aliphatic carbocycles. The number of nitrogens with one attached hydrogen (secondary N) is 1. The zero-order chi connectivity index (χ0) is 18.8. The van der Waals surface area contributed by atoms with Crippen LogP contribution in [0.3, 0.4) is 0 Å². The van der Waals surface area contributed by atoms with Gasteiger partial charge >= 0.3 is 0 Å². The Labute approximate surface area is 167 Å². The standard InChI is InChI=1S/C21H33N3S2/c1-17(9-8-14-25-26-21-12-5-6-13-22-21)15-23-18(2)16-24-19(3)10-7-11-20(24)4/h5-6,12-13,19-20,23H,1-2,7-11,14-16H2,3-4H3. The fourth-order valence-corrected chi connectivity index (χ4v) is 5.25. The van der Waals surface area contributed by atoms with Gasteiger partial charge in [-0.25, -0.2) is 4.98 Å². The Morgan fingerprint density at radius 2 is 2.04 bits per heavy atom. The average molecular weight is 392 g/mol. The second-order valence-corrected chi connectivity index (χ2v) is 9.62. The van der Waals surface area contributed by atoms with E-state index in [1.807, 2.05) is 29.1 Å². The molecule has 5 heteroatoms. The van der Waals surface area contributed by atoms with Crippen molar-refractivity contribution in [1.82, 2.24) is 15.2 Å². The van der Waals surface area contributed by atoms with Crippen molar-refractivity contribution < 1.29 is 0 Å². The summed E-state index contributed by atoms with van der Waals surface area (Å²) in [5.74, 6) is 1.12. The molecule has 1 aliphatic heterocycles. The van der Waals surface area contributed by atoms with Gasteiger partial charge in [0.2, 0.25) is 0 Å². The molecule has 0 bridgehead atoms. The monoisotopic (exact) mass is 391 g/mol. The zero-order valence-corrected chi connectivity index (χ0v) is 17.9. The molecular weight excluding hydrogens is 358 g/mol. The number of hydrogen-bond acceptors (Lipinski definition) is 5. The largest absolute Gasteiger partial charge is 0.384 e. The molecular formula is C21H33N3S2. The molecule has 2 atom stereocenters. The molecule has 2 unspecified atom stereocenters. The van der Waals surface area contributed by atoms with Gasteiger partial charge in [0, 0.05) is 42.8 Å². The van der Waals surface area contributed by atoms with Crippen LogP contribution in [0.4, 0.5) is 0 Å². The third-order valence-corrected chi connectivity index (χ3v) is 7.23. The van der Waals surface area contributed by atoms with E-state index < -0.39 is 0 Å². The van der Waals surface area contributed by atoms with Crippen LogP contribution in [0.2, 0.25) is 0 Å². The first-order chi connectivity index (χ1) is 12.6. The second kappa shape index (κ2) is 11.7. The molecule has 1 fully saturated rings. The van der Waals surface area contributed by atoms with E-state index in [4.69, 9.17) is 0 Å². The maximum atomic E-state index is 4.32. The number of rotatable bonds is 11. The van der Waals surface area contributed by atoms with Crippen LogP contribution in [0.1, 0.15) is 46.0 Å². The summed E-state index contributed by atoms with van der Waals surface area (Å²) >= 11 is 0. The van der Waals surface area contributed by atoms with Crippen molar-refractivity contribution in [3.05, 3.63) is 48.8 Å². The molecule has 0 aromatic carbocycles. The molecule has 1 aliphatic rings. The third-order valence-electron chi connectivity index (χ3n) is 4.88. The lowest BCUT2D eigenvalue weighted by atomic mass is 9.97. The minimum Gasteiger partial charge on any atom is -0.384 e. The molecule has 26 heavy (non-hydrogen) atoms. The Hall–Kier alpha value is -0.910. The molecule has 1 aromatic rings. The smallest absolute Gasteiger partial charge is 0.106 e. The van der Waals surface area contributed by atoms with Crippen LogP contribution >= 0.6 is 21.6 Å². The highest BCUT2D eigenvalue weighted by Crippen LogP contribution is 2.30. The lowest BCUT2D eigenvalue weighted by Gasteiger charge is -2.39. The highest BCUT2D eigenvalue weighted by Gasteiger charge is 2.24. The summed E-state index contributed by atoms with van der Waals surface area (Å²) in [5.41, 5.74) is 2.38. The topological polar surface area (TPSA) is 28.2 Å². The van der Waals surface area contributed by atoms with E-state index in [0.29, 0.717) is 12.1 Å². The van der Waals surface area contributed by atoms with E-state index in [1.165, 1.54) is 24.8 Å². The van der Waals surface area contributed by atoms with E-state index in [0.717, 1.165) is 42.4 Å². The molecule has 0 radical (unpaired) electrons. The Morgan fingerprint density at radius 3 is 2.73 bits per heavy atom. The third kappa shape index (κ3) is 7.77. The molecule has 2 heterocycles. The highest BCUT2D eigenvalue weighted by molar-refractivity contribution is 8.76. The molecule has 1 aromatic heterocycles. The maximum Gasteiger partial charge on any atom is 0.106 e. The summed E-state index contributed by atoms with van der Waals surface area (Å²) in [4.78, 5) is 6.90. The summed E-state index contributed by atoms with van der Waals surface area (Å²) in [5, 5.41) is 4.56. The van der Waals surface area contributed by atoms with Gasteiger partial charge in [0.1, 0.15) is 5.03 Å². The lowest BCUT2D eigenvalue weighted by molar-refractivity contribution is 0.114. The van der Waals surface area contributed by atoms with Crippen LogP contribution in [-0.4, -0.2) is 40.8 Å². The second-order valence-electron chi connectivity index (χ2n) is 7.19. The summed E-state index contributed by atoms with van der Waals surface area (Å²) in [6.07, 6.45) is 8.02.